The van der Waals surface area contributed by atoms with Crippen LogP contribution in [-0.4, -0.2) is 0 Å². The highest BCUT2D eigenvalue weighted by molar-refractivity contribution is 9.10. The lowest BCUT2D eigenvalue weighted by molar-refractivity contribution is 0.486. The topological polar surface area (TPSA) is 33.0 Å². The second kappa shape index (κ2) is 4.09. The van der Waals surface area contributed by atoms with Gasteiger partial charge in [-0.05, 0) is 35.9 Å². The molecule has 3 heteroatoms. The van der Waals surface area contributed by atoms with Gasteiger partial charge < -0.3 is 4.74 Å². The Labute approximate surface area is 124 Å². The van der Waals surface area contributed by atoms with E-state index in [2.05, 4.69) is 28.1 Å². The Hall–Kier alpha value is -2.31. The van der Waals surface area contributed by atoms with Gasteiger partial charge in [0.1, 0.15) is 11.5 Å². The third-order valence-electron chi connectivity index (χ3n) is 3.58. The van der Waals surface area contributed by atoms with Gasteiger partial charge in [0.15, 0.2) is 0 Å². The number of hydrogen-bond acceptors (Lipinski definition) is 2. The summed E-state index contributed by atoms with van der Waals surface area (Å²) in [4.78, 5) is 0. The van der Waals surface area contributed by atoms with Gasteiger partial charge in [0.2, 0.25) is 0 Å². The first-order valence-electron chi connectivity index (χ1n) is 6.21. The highest BCUT2D eigenvalue weighted by Gasteiger charge is 2.20. The van der Waals surface area contributed by atoms with Crippen molar-refractivity contribution in [1.82, 2.24) is 0 Å². The molecular weight excluding hydrogens is 314 g/mol. The molecule has 0 saturated carbocycles. The van der Waals surface area contributed by atoms with Gasteiger partial charge in [-0.3, -0.25) is 0 Å². The number of nitriles is 1. The van der Waals surface area contributed by atoms with E-state index in [-0.39, 0.29) is 0 Å². The molecule has 0 aromatic heterocycles. The van der Waals surface area contributed by atoms with E-state index < -0.39 is 0 Å². The molecule has 1 aliphatic rings. The van der Waals surface area contributed by atoms with E-state index in [9.17, 15) is 5.26 Å². The molecule has 3 aromatic rings. The molecule has 0 N–H and O–H groups in total. The number of ether oxygens (including phenoxy) is 1. The minimum Gasteiger partial charge on any atom is -0.456 e. The van der Waals surface area contributed by atoms with Crippen molar-refractivity contribution in [3.05, 3.63) is 58.6 Å². The number of hydrogen-bond donors (Lipinski definition) is 0. The van der Waals surface area contributed by atoms with Crippen molar-refractivity contribution in [2.24, 2.45) is 0 Å². The van der Waals surface area contributed by atoms with E-state index in [1.165, 1.54) is 0 Å². The quantitative estimate of drug-likeness (QED) is 0.443. The van der Waals surface area contributed by atoms with Crippen molar-refractivity contribution in [3.8, 4) is 28.7 Å². The van der Waals surface area contributed by atoms with Gasteiger partial charge >= 0.3 is 0 Å². The molecule has 2 nitrogen and oxygen atoms in total. The molecule has 0 radical (unpaired) electrons. The fourth-order valence-electron chi connectivity index (χ4n) is 2.70. The van der Waals surface area contributed by atoms with Crippen LogP contribution in [0.5, 0.6) is 11.5 Å². The standard InChI is InChI=1S/C17H8BrNO/c18-11-5-6-13-14-3-1-2-12-10(9-19)4-7-15(17(12)14)20-16(13)8-11/h1-8H. The second-order valence-corrected chi connectivity index (χ2v) is 5.61. The third-order valence-corrected chi connectivity index (χ3v) is 4.07. The van der Waals surface area contributed by atoms with E-state index in [1.807, 2.05) is 42.5 Å². The van der Waals surface area contributed by atoms with Gasteiger partial charge in [0.05, 0.1) is 11.6 Å². The average molecular weight is 322 g/mol. The lowest BCUT2D eigenvalue weighted by atomic mass is 9.93. The molecule has 1 aliphatic heterocycles. The van der Waals surface area contributed by atoms with Crippen molar-refractivity contribution < 1.29 is 4.74 Å². The number of halogens is 1. The summed E-state index contributed by atoms with van der Waals surface area (Å²) in [5, 5.41) is 11.2. The molecule has 0 unspecified atom stereocenters. The molecule has 0 aliphatic carbocycles. The Morgan fingerprint density at radius 1 is 0.950 bits per heavy atom. The molecule has 1 heterocycles. The number of rotatable bonds is 0. The summed E-state index contributed by atoms with van der Waals surface area (Å²) in [6, 6.07) is 18.0. The minimum absolute atomic E-state index is 0.676. The largest absolute Gasteiger partial charge is 0.456 e. The van der Waals surface area contributed by atoms with Crippen LogP contribution in [0.15, 0.2) is 53.0 Å². The molecule has 0 spiro atoms. The van der Waals surface area contributed by atoms with Gasteiger partial charge in [0, 0.05) is 20.8 Å². The van der Waals surface area contributed by atoms with E-state index >= 15 is 0 Å². The average Bonchev–Trinajstić information content (AvgIpc) is 2.47. The van der Waals surface area contributed by atoms with Crippen molar-refractivity contribution >= 4 is 26.7 Å². The maximum absolute atomic E-state index is 9.24. The van der Waals surface area contributed by atoms with Crippen molar-refractivity contribution in [2.75, 3.05) is 0 Å². The summed E-state index contributed by atoms with van der Waals surface area (Å²) >= 11 is 3.47. The normalized spacial score (nSPS) is 11.6. The predicted molar refractivity (Wildman–Crippen MR) is 81.9 cm³/mol. The summed E-state index contributed by atoms with van der Waals surface area (Å²) in [5.41, 5.74) is 2.85. The second-order valence-electron chi connectivity index (χ2n) is 4.69. The highest BCUT2D eigenvalue weighted by Crippen LogP contribution is 2.47. The maximum Gasteiger partial charge on any atom is 0.136 e. The van der Waals surface area contributed by atoms with E-state index in [4.69, 9.17) is 4.74 Å². The fourth-order valence-corrected chi connectivity index (χ4v) is 3.04. The predicted octanol–water partition coefficient (Wildman–Crippen LogP) is 5.25. The first-order chi connectivity index (χ1) is 9.78. The van der Waals surface area contributed by atoms with Crippen molar-refractivity contribution in [1.29, 1.82) is 5.26 Å². The summed E-state index contributed by atoms with van der Waals surface area (Å²) in [6.45, 7) is 0. The van der Waals surface area contributed by atoms with E-state index in [1.54, 1.807) is 0 Å². The Kier molecular flexibility index (Phi) is 2.35. The molecule has 94 valence electrons. The van der Waals surface area contributed by atoms with Crippen LogP contribution in [-0.2, 0) is 0 Å². The Bertz CT molecular complexity index is 909. The molecule has 3 aromatic carbocycles. The summed E-state index contributed by atoms with van der Waals surface area (Å²) in [5.74, 6) is 1.64. The number of nitrogens with zero attached hydrogens (tertiary/aromatic N) is 1. The van der Waals surface area contributed by atoms with Gasteiger partial charge in [-0.1, -0.05) is 34.1 Å². The SMILES string of the molecule is N#Cc1ccc2c3c(cccc13)-c1ccc(Br)cc1O2. The zero-order chi connectivity index (χ0) is 13.7. The Morgan fingerprint density at radius 3 is 2.70 bits per heavy atom. The molecule has 0 amide bonds. The molecule has 0 fully saturated rings. The van der Waals surface area contributed by atoms with Gasteiger partial charge in [-0.2, -0.15) is 5.26 Å². The van der Waals surface area contributed by atoms with Gasteiger partial charge in [-0.15, -0.1) is 0 Å². The molecular formula is C17H8BrNO. The first-order valence-corrected chi connectivity index (χ1v) is 7.01. The van der Waals surface area contributed by atoms with Crippen molar-refractivity contribution in [3.63, 3.8) is 0 Å². The Morgan fingerprint density at radius 2 is 1.85 bits per heavy atom. The first kappa shape index (κ1) is 11.5. The molecule has 4 rings (SSSR count). The van der Waals surface area contributed by atoms with Crippen LogP contribution >= 0.6 is 15.9 Å². The molecule has 0 bridgehead atoms. The molecule has 0 saturated heterocycles. The smallest absolute Gasteiger partial charge is 0.136 e. The van der Waals surface area contributed by atoms with E-state index in [0.717, 1.165) is 37.9 Å². The van der Waals surface area contributed by atoms with Crippen molar-refractivity contribution in [2.45, 2.75) is 0 Å². The summed E-state index contributed by atoms with van der Waals surface area (Å²) in [7, 11) is 0. The fraction of sp³-hybridized carbons (Fsp3) is 0. The van der Waals surface area contributed by atoms with Crippen LogP contribution in [0.2, 0.25) is 0 Å². The molecule has 20 heavy (non-hydrogen) atoms. The maximum atomic E-state index is 9.24. The van der Waals surface area contributed by atoms with Crippen LogP contribution in [0.25, 0.3) is 21.9 Å². The van der Waals surface area contributed by atoms with Gasteiger partial charge in [-0.25, -0.2) is 0 Å². The van der Waals surface area contributed by atoms with Crippen LogP contribution in [0, 0.1) is 11.3 Å². The zero-order valence-corrected chi connectivity index (χ0v) is 11.9. The minimum atomic E-state index is 0.676. The number of benzene rings is 3. The number of fused-ring (bicyclic) bond motifs is 2. The summed E-state index contributed by atoms with van der Waals surface area (Å²) < 4.78 is 6.98. The third kappa shape index (κ3) is 1.49. The molecule has 0 atom stereocenters. The lowest BCUT2D eigenvalue weighted by Gasteiger charge is -2.21. The van der Waals surface area contributed by atoms with Crippen LogP contribution in [0.1, 0.15) is 5.56 Å². The van der Waals surface area contributed by atoms with Gasteiger partial charge in [0.25, 0.3) is 0 Å². The lowest BCUT2D eigenvalue weighted by Crippen LogP contribution is -1.97. The zero-order valence-electron chi connectivity index (χ0n) is 10.4. The highest BCUT2D eigenvalue weighted by atomic mass is 79.9. The van der Waals surface area contributed by atoms with Crippen LogP contribution < -0.4 is 4.74 Å². The van der Waals surface area contributed by atoms with E-state index in [0.29, 0.717) is 5.56 Å². The summed E-state index contributed by atoms with van der Waals surface area (Å²) in [6.07, 6.45) is 0. The monoisotopic (exact) mass is 321 g/mol. The Balaban J connectivity index is 2.17. The van der Waals surface area contributed by atoms with Crippen LogP contribution in [0.4, 0.5) is 0 Å². The van der Waals surface area contributed by atoms with Crippen LogP contribution in [0.3, 0.4) is 0 Å².